The number of ether oxygens (including phenoxy) is 2. The van der Waals surface area contributed by atoms with E-state index in [2.05, 4.69) is 12.1 Å². The number of nitrogens with zero attached hydrogens (tertiary/aromatic N) is 1. The van der Waals surface area contributed by atoms with Crippen LogP contribution in [0, 0.1) is 0 Å². The Labute approximate surface area is 119 Å². The van der Waals surface area contributed by atoms with E-state index in [4.69, 9.17) is 9.47 Å². The Morgan fingerprint density at radius 1 is 1.30 bits per heavy atom. The minimum atomic E-state index is -0.651. The molecule has 108 valence electrons. The summed E-state index contributed by atoms with van der Waals surface area (Å²) in [5, 5.41) is 0. The molecule has 1 aromatic carbocycles. The summed E-state index contributed by atoms with van der Waals surface area (Å²) in [4.78, 5) is 14.6. The van der Waals surface area contributed by atoms with E-state index in [1.165, 1.54) is 5.56 Å². The summed E-state index contributed by atoms with van der Waals surface area (Å²) in [6.07, 6.45) is 1.60. The zero-order valence-electron chi connectivity index (χ0n) is 12.0. The predicted octanol–water partition coefficient (Wildman–Crippen LogP) is 2.50. The molecule has 2 saturated heterocycles. The summed E-state index contributed by atoms with van der Waals surface area (Å²) in [7, 11) is 0. The summed E-state index contributed by atoms with van der Waals surface area (Å²) in [5.41, 5.74) is 1.21. The van der Waals surface area contributed by atoms with Gasteiger partial charge in [-0.3, -0.25) is 4.79 Å². The van der Waals surface area contributed by atoms with E-state index in [0.717, 1.165) is 19.4 Å². The van der Waals surface area contributed by atoms with E-state index in [1.54, 1.807) is 0 Å². The summed E-state index contributed by atoms with van der Waals surface area (Å²) < 4.78 is 11.2. The lowest BCUT2D eigenvalue weighted by Gasteiger charge is -2.27. The van der Waals surface area contributed by atoms with Crippen molar-refractivity contribution in [1.29, 1.82) is 0 Å². The van der Waals surface area contributed by atoms with Crippen LogP contribution < -0.4 is 0 Å². The molecule has 2 unspecified atom stereocenters. The van der Waals surface area contributed by atoms with Crippen molar-refractivity contribution in [1.82, 2.24) is 4.90 Å². The second kappa shape index (κ2) is 5.19. The van der Waals surface area contributed by atoms with Crippen LogP contribution in [0.4, 0.5) is 0 Å². The van der Waals surface area contributed by atoms with Crippen LogP contribution in [-0.2, 0) is 14.3 Å². The molecule has 20 heavy (non-hydrogen) atoms. The van der Waals surface area contributed by atoms with Crippen molar-refractivity contribution in [2.24, 2.45) is 0 Å². The fraction of sp³-hybridized carbons (Fsp3) is 0.562. The van der Waals surface area contributed by atoms with Gasteiger partial charge in [0.05, 0.1) is 12.6 Å². The van der Waals surface area contributed by atoms with E-state index in [0.29, 0.717) is 6.61 Å². The van der Waals surface area contributed by atoms with E-state index < -0.39 is 11.9 Å². The average molecular weight is 275 g/mol. The molecule has 0 saturated carbocycles. The first-order valence-electron chi connectivity index (χ1n) is 7.24. The van der Waals surface area contributed by atoms with E-state index >= 15 is 0 Å². The zero-order valence-corrected chi connectivity index (χ0v) is 12.0. The van der Waals surface area contributed by atoms with Gasteiger partial charge in [-0.05, 0) is 32.3 Å². The van der Waals surface area contributed by atoms with Gasteiger partial charge in [0.1, 0.15) is 0 Å². The standard InChI is InChI=1S/C16H21NO3/c1-16(2)19-11-14(20-16)15(18)17-10-6-9-13(17)12-7-4-3-5-8-12/h3-5,7-8,13-14H,6,9-11H2,1-2H3. The Hall–Kier alpha value is -1.39. The molecule has 0 radical (unpaired) electrons. The normalized spacial score (nSPS) is 28.8. The van der Waals surface area contributed by atoms with Gasteiger partial charge >= 0.3 is 0 Å². The lowest BCUT2D eigenvalue weighted by atomic mass is 10.0. The van der Waals surface area contributed by atoms with Crippen molar-refractivity contribution >= 4 is 5.91 Å². The number of benzene rings is 1. The number of hydrogen-bond acceptors (Lipinski definition) is 3. The largest absolute Gasteiger partial charge is 0.347 e. The molecule has 0 N–H and O–H groups in total. The van der Waals surface area contributed by atoms with Crippen molar-refractivity contribution in [2.75, 3.05) is 13.2 Å². The molecule has 4 heteroatoms. The highest BCUT2D eigenvalue weighted by atomic mass is 16.7. The van der Waals surface area contributed by atoms with Gasteiger partial charge in [-0.2, -0.15) is 0 Å². The first kappa shape index (κ1) is 13.6. The number of rotatable bonds is 2. The second-order valence-corrected chi connectivity index (χ2v) is 5.92. The number of likely N-dealkylation sites (tertiary alicyclic amines) is 1. The molecule has 0 bridgehead atoms. The molecule has 0 spiro atoms. The van der Waals surface area contributed by atoms with E-state index in [-0.39, 0.29) is 11.9 Å². The highest BCUT2D eigenvalue weighted by Crippen LogP contribution is 2.34. The van der Waals surface area contributed by atoms with Crippen LogP contribution in [0.5, 0.6) is 0 Å². The molecule has 1 amide bonds. The maximum absolute atomic E-state index is 12.6. The van der Waals surface area contributed by atoms with Gasteiger partial charge in [-0.15, -0.1) is 0 Å². The van der Waals surface area contributed by atoms with Gasteiger partial charge in [-0.25, -0.2) is 0 Å². The molecule has 2 heterocycles. The maximum atomic E-state index is 12.6. The minimum absolute atomic E-state index is 0.0573. The van der Waals surface area contributed by atoms with Gasteiger partial charge in [-0.1, -0.05) is 30.3 Å². The Balaban J connectivity index is 1.74. The Bertz CT molecular complexity index is 486. The van der Waals surface area contributed by atoms with Gasteiger partial charge < -0.3 is 14.4 Å². The van der Waals surface area contributed by atoms with Gasteiger partial charge in [0.2, 0.25) is 0 Å². The van der Waals surface area contributed by atoms with Crippen molar-refractivity contribution in [2.45, 2.75) is 44.6 Å². The van der Waals surface area contributed by atoms with Crippen molar-refractivity contribution < 1.29 is 14.3 Å². The number of carbonyl (C=O) groups excluding carboxylic acids is 1. The molecule has 0 aromatic heterocycles. The third-order valence-corrected chi connectivity index (χ3v) is 4.00. The Morgan fingerprint density at radius 3 is 2.70 bits per heavy atom. The predicted molar refractivity (Wildman–Crippen MR) is 75.0 cm³/mol. The second-order valence-electron chi connectivity index (χ2n) is 5.92. The number of carbonyl (C=O) groups is 1. The van der Waals surface area contributed by atoms with Gasteiger partial charge in [0.15, 0.2) is 11.9 Å². The molecular weight excluding hydrogens is 254 g/mol. The highest BCUT2D eigenvalue weighted by Gasteiger charge is 2.41. The first-order valence-corrected chi connectivity index (χ1v) is 7.24. The molecule has 2 fully saturated rings. The highest BCUT2D eigenvalue weighted by molar-refractivity contribution is 5.82. The minimum Gasteiger partial charge on any atom is -0.347 e. The van der Waals surface area contributed by atoms with Crippen LogP contribution >= 0.6 is 0 Å². The van der Waals surface area contributed by atoms with Crippen LogP contribution in [0.2, 0.25) is 0 Å². The lowest BCUT2D eigenvalue weighted by molar-refractivity contribution is -0.160. The van der Waals surface area contributed by atoms with Crippen molar-refractivity contribution in [3.05, 3.63) is 35.9 Å². The Morgan fingerprint density at radius 2 is 2.05 bits per heavy atom. The fourth-order valence-corrected chi connectivity index (χ4v) is 3.05. The van der Waals surface area contributed by atoms with Crippen LogP contribution in [0.3, 0.4) is 0 Å². The molecule has 0 aliphatic carbocycles. The van der Waals surface area contributed by atoms with Crippen molar-refractivity contribution in [3.8, 4) is 0 Å². The maximum Gasteiger partial charge on any atom is 0.254 e. The topological polar surface area (TPSA) is 38.8 Å². The summed E-state index contributed by atoms with van der Waals surface area (Å²) in [6, 6.07) is 10.4. The van der Waals surface area contributed by atoms with Crippen LogP contribution in [0.25, 0.3) is 0 Å². The third kappa shape index (κ3) is 2.58. The summed E-state index contributed by atoms with van der Waals surface area (Å²) >= 11 is 0. The molecule has 4 nitrogen and oxygen atoms in total. The van der Waals surface area contributed by atoms with Gasteiger partial charge in [0, 0.05) is 6.54 Å². The average Bonchev–Trinajstić information content (AvgIpc) is 3.05. The van der Waals surface area contributed by atoms with Gasteiger partial charge in [0.25, 0.3) is 5.91 Å². The number of hydrogen-bond donors (Lipinski definition) is 0. The first-order chi connectivity index (χ1) is 9.57. The summed E-state index contributed by atoms with van der Waals surface area (Å²) in [5.74, 6) is -0.593. The van der Waals surface area contributed by atoms with Crippen molar-refractivity contribution in [3.63, 3.8) is 0 Å². The monoisotopic (exact) mass is 275 g/mol. The number of amides is 1. The lowest BCUT2D eigenvalue weighted by Crippen LogP contribution is -2.40. The molecule has 2 aliphatic heterocycles. The third-order valence-electron chi connectivity index (χ3n) is 4.00. The molecular formula is C16H21NO3. The zero-order chi connectivity index (χ0) is 14.2. The van der Waals surface area contributed by atoms with Crippen LogP contribution in [0.1, 0.15) is 38.3 Å². The molecule has 2 atom stereocenters. The van der Waals surface area contributed by atoms with Crippen LogP contribution in [-0.4, -0.2) is 35.8 Å². The SMILES string of the molecule is CC1(C)OCC(C(=O)N2CCCC2c2ccccc2)O1. The Kier molecular flexibility index (Phi) is 3.52. The quantitative estimate of drug-likeness (QED) is 0.832. The van der Waals surface area contributed by atoms with Crippen LogP contribution in [0.15, 0.2) is 30.3 Å². The van der Waals surface area contributed by atoms with E-state index in [9.17, 15) is 4.79 Å². The fourth-order valence-electron chi connectivity index (χ4n) is 3.05. The molecule has 1 aromatic rings. The smallest absolute Gasteiger partial charge is 0.254 e. The van der Waals surface area contributed by atoms with E-state index in [1.807, 2.05) is 36.9 Å². The molecule has 3 rings (SSSR count). The summed E-state index contributed by atoms with van der Waals surface area (Å²) in [6.45, 7) is 4.85. The molecule has 2 aliphatic rings.